The van der Waals surface area contributed by atoms with Crippen molar-refractivity contribution in [3.05, 3.63) is 52.1 Å². The Hall–Kier alpha value is -1.82. The van der Waals surface area contributed by atoms with Crippen LogP contribution in [0.1, 0.15) is 16.8 Å². The number of carbonyl (C=O) groups is 1. The number of pyridine rings is 1. The van der Waals surface area contributed by atoms with E-state index in [0.717, 1.165) is 6.42 Å². The molecule has 2 aromatic rings. The maximum Gasteiger partial charge on any atom is 0.257 e. The van der Waals surface area contributed by atoms with Crippen LogP contribution in [0.25, 0.3) is 0 Å². The van der Waals surface area contributed by atoms with Gasteiger partial charge in [-0.3, -0.25) is 4.79 Å². The molecule has 0 radical (unpaired) electrons. The summed E-state index contributed by atoms with van der Waals surface area (Å²) in [6.07, 6.45) is 2.32. The lowest BCUT2D eigenvalue weighted by Crippen LogP contribution is -2.17. The smallest absolute Gasteiger partial charge is 0.257 e. The number of hydrogen-bond donors (Lipinski definition) is 1. The summed E-state index contributed by atoms with van der Waals surface area (Å²) >= 11 is 12.0. The highest BCUT2D eigenvalue weighted by molar-refractivity contribution is 6.44. The van der Waals surface area contributed by atoms with Crippen molar-refractivity contribution in [3.63, 3.8) is 0 Å². The van der Waals surface area contributed by atoms with Gasteiger partial charge in [0.1, 0.15) is 6.10 Å². The zero-order valence-electron chi connectivity index (χ0n) is 12.1. The first-order valence-corrected chi connectivity index (χ1v) is 7.85. The number of ether oxygens (including phenoxy) is 2. The average Bonchev–Trinajstić information content (AvgIpc) is 3.05. The zero-order valence-corrected chi connectivity index (χ0v) is 13.6. The number of amides is 1. The molecule has 0 aliphatic carbocycles. The Morgan fingerprint density at radius 1 is 1.30 bits per heavy atom. The molecule has 23 heavy (non-hydrogen) atoms. The number of nitrogens with zero attached hydrogens (tertiary/aromatic N) is 1. The van der Waals surface area contributed by atoms with Gasteiger partial charge in [0, 0.05) is 18.7 Å². The van der Waals surface area contributed by atoms with Crippen molar-refractivity contribution in [2.75, 3.05) is 18.5 Å². The molecule has 1 unspecified atom stereocenters. The van der Waals surface area contributed by atoms with Crippen molar-refractivity contribution >= 4 is 34.8 Å². The van der Waals surface area contributed by atoms with Gasteiger partial charge in [-0.2, -0.15) is 0 Å². The lowest BCUT2D eigenvalue weighted by Gasteiger charge is -2.11. The van der Waals surface area contributed by atoms with E-state index in [2.05, 4.69) is 10.3 Å². The summed E-state index contributed by atoms with van der Waals surface area (Å²) in [6, 6.07) is 8.35. The Balaban J connectivity index is 1.66. The minimum atomic E-state index is -0.322. The zero-order chi connectivity index (χ0) is 16.2. The van der Waals surface area contributed by atoms with Crippen molar-refractivity contribution in [1.29, 1.82) is 0 Å². The number of halogens is 2. The molecule has 0 bridgehead atoms. The molecule has 1 fully saturated rings. The molecule has 120 valence electrons. The van der Waals surface area contributed by atoms with Crippen LogP contribution in [0.5, 0.6) is 5.88 Å². The maximum atomic E-state index is 12.2. The molecule has 1 atom stereocenters. The Morgan fingerprint density at radius 3 is 2.87 bits per heavy atom. The summed E-state index contributed by atoms with van der Waals surface area (Å²) in [5.74, 6) is 0.148. The van der Waals surface area contributed by atoms with E-state index in [9.17, 15) is 4.79 Å². The molecule has 1 aromatic heterocycles. The number of anilines is 1. The third kappa shape index (κ3) is 3.93. The largest absolute Gasteiger partial charge is 0.472 e. The van der Waals surface area contributed by atoms with Crippen molar-refractivity contribution in [2.24, 2.45) is 0 Å². The SMILES string of the molecule is O=C(Nc1cccc(Cl)c1Cl)c1ccc(OC2CCOC2)nc1. The van der Waals surface area contributed by atoms with Crippen molar-refractivity contribution in [1.82, 2.24) is 4.98 Å². The second-order valence-electron chi connectivity index (χ2n) is 5.04. The fraction of sp³-hybridized carbons (Fsp3) is 0.250. The molecule has 1 aliphatic rings. The number of nitrogens with one attached hydrogen (secondary N) is 1. The molecule has 5 nitrogen and oxygen atoms in total. The number of carbonyl (C=O) groups excluding carboxylic acids is 1. The molecule has 1 N–H and O–H groups in total. The van der Waals surface area contributed by atoms with E-state index in [-0.39, 0.29) is 12.0 Å². The molecule has 0 saturated carbocycles. The number of benzene rings is 1. The Morgan fingerprint density at radius 2 is 2.17 bits per heavy atom. The lowest BCUT2D eigenvalue weighted by molar-refractivity contribution is 0.102. The Kier molecular flexibility index (Phi) is 5.00. The topological polar surface area (TPSA) is 60.5 Å². The van der Waals surface area contributed by atoms with Crippen LogP contribution < -0.4 is 10.1 Å². The molecule has 2 heterocycles. The second-order valence-corrected chi connectivity index (χ2v) is 5.83. The highest BCUT2D eigenvalue weighted by Crippen LogP contribution is 2.29. The van der Waals surface area contributed by atoms with E-state index in [1.54, 1.807) is 30.3 Å². The summed E-state index contributed by atoms with van der Waals surface area (Å²) in [5.41, 5.74) is 0.851. The number of aromatic nitrogens is 1. The molecular formula is C16H14Cl2N2O3. The monoisotopic (exact) mass is 352 g/mol. The average molecular weight is 353 g/mol. The van der Waals surface area contributed by atoms with Crippen LogP contribution in [-0.4, -0.2) is 30.2 Å². The molecule has 7 heteroatoms. The fourth-order valence-corrected chi connectivity index (χ4v) is 2.50. The molecule has 1 saturated heterocycles. The van der Waals surface area contributed by atoms with Crippen molar-refractivity contribution in [3.8, 4) is 5.88 Å². The van der Waals surface area contributed by atoms with E-state index in [1.807, 2.05) is 0 Å². The third-order valence-corrected chi connectivity index (χ3v) is 4.19. The maximum absolute atomic E-state index is 12.2. The van der Waals surface area contributed by atoms with Gasteiger partial charge in [-0.1, -0.05) is 29.3 Å². The van der Waals surface area contributed by atoms with Crippen LogP contribution in [0, 0.1) is 0 Å². The first-order chi connectivity index (χ1) is 11.1. The Bertz CT molecular complexity index is 701. The second kappa shape index (κ2) is 7.17. The van der Waals surface area contributed by atoms with Crippen LogP contribution >= 0.6 is 23.2 Å². The summed E-state index contributed by atoms with van der Waals surface area (Å²) in [6.45, 7) is 1.27. The van der Waals surface area contributed by atoms with Crippen molar-refractivity contribution in [2.45, 2.75) is 12.5 Å². The van der Waals surface area contributed by atoms with Gasteiger partial charge in [0.15, 0.2) is 0 Å². The summed E-state index contributed by atoms with van der Waals surface area (Å²) in [5, 5.41) is 3.39. The van der Waals surface area contributed by atoms with Gasteiger partial charge in [-0.25, -0.2) is 4.98 Å². The van der Waals surface area contributed by atoms with Gasteiger partial charge in [-0.15, -0.1) is 0 Å². The predicted molar refractivity (Wildman–Crippen MR) is 88.5 cm³/mol. The standard InChI is InChI=1S/C16H14Cl2N2O3/c17-12-2-1-3-13(15(12)18)20-16(21)10-4-5-14(19-8-10)23-11-6-7-22-9-11/h1-5,8,11H,6-7,9H2,(H,20,21). The summed E-state index contributed by atoms with van der Waals surface area (Å²) < 4.78 is 10.9. The highest BCUT2D eigenvalue weighted by atomic mass is 35.5. The minimum Gasteiger partial charge on any atom is -0.472 e. The van der Waals surface area contributed by atoms with Crippen LogP contribution in [0.3, 0.4) is 0 Å². The highest BCUT2D eigenvalue weighted by Gasteiger charge is 2.18. The van der Waals surface area contributed by atoms with E-state index >= 15 is 0 Å². The molecule has 1 aliphatic heterocycles. The van der Waals surface area contributed by atoms with Gasteiger partial charge in [0.2, 0.25) is 5.88 Å². The van der Waals surface area contributed by atoms with Crippen LogP contribution in [-0.2, 0) is 4.74 Å². The number of hydrogen-bond acceptors (Lipinski definition) is 4. The van der Waals surface area contributed by atoms with Crippen LogP contribution in [0.2, 0.25) is 10.0 Å². The van der Waals surface area contributed by atoms with E-state index in [0.29, 0.717) is 40.4 Å². The first-order valence-electron chi connectivity index (χ1n) is 7.09. The van der Waals surface area contributed by atoms with Gasteiger partial charge >= 0.3 is 0 Å². The number of rotatable bonds is 4. The minimum absolute atomic E-state index is 0.0208. The van der Waals surface area contributed by atoms with E-state index < -0.39 is 0 Å². The van der Waals surface area contributed by atoms with E-state index in [4.69, 9.17) is 32.7 Å². The molecule has 3 rings (SSSR count). The van der Waals surface area contributed by atoms with Crippen LogP contribution in [0.4, 0.5) is 5.69 Å². The predicted octanol–water partition coefficient (Wildman–Crippen LogP) is 3.81. The van der Waals surface area contributed by atoms with Gasteiger partial charge in [0.05, 0.1) is 34.5 Å². The van der Waals surface area contributed by atoms with Crippen LogP contribution in [0.15, 0.2) is 36.5 Å². The summed E-state index contributed by atoms with van der Waals surface area (Å²) in [4.78, 5) is 16.4. The molecule has 1 amide bonds. The fourth-order valence-electron chi connectivity index (χ4n) is 2.16. The molecule has 0 spiro atoms. The van der Waals surface area contributed by atoms with Gasteiger partial charge in [0.25, 0.3) is 5.91 Å². The summed E-state index contributed by atoms with van der Waals surface area (Å²) in [7, 11) is 0. The Labute approximate surface area is 143 Å². The third-order valence-electron chi connectivity index (χ3n) is 3.37. The molecular weight excluding hydrogens is 339 g/mol. The quantitative estimate of drug-likeness (QED) is 0.908. The van der Waals surface area contributed by atoms with Gasteiger partial charge < -0.3 is 14.8 Å². The molecule has 1 aromatic carbocycles. The van der Waals surface area contributed by atoms with E-state index in [1.165, 1.54) is 6.20 Å². The first kappa shape index (κ1) is 16.1. The van der Waals surface area contributed by atoms with Gasteiger partial charge in [-0.05, 0) is 18.2 Å². The van der Waals surface area contributed by atoms with Crippen molar-refractivity contribution < 1.29 is 14.3 Å². The lowest BCUT2D eigenvalue weighted by atomic mass is 10.2. The normalized spacial score (nSPS) is 17.0.